The smallest absolute Gasteiger partial charge is 0.00773 e. The lowest BCUT2D eigenvalue weighted by Gasteiger charge is -2.05. The molecule has 224 valence electrons. The zero-order chi connectivity index (χ0) is 26.7. The molecule has 1 heteroatoms. The Labute approximate surface area is 237 Å². The third-order valence-corrected chi connectivity index (χ3v) is 8.56. The van der Waals surface area contributed by atoms with Crippen molar-refractivity contribution in [2.75, 3.05) is 6.54 Å². The number of hydrogen-bond acceptors (Lipinski definition) is 1. The lowest BCUT2D eigenvalue weighted by atomic mass is 10.0. The molecular formula is C36H75N. The van der Waals surface area contributed by atoms with Gasteiger partial charge in [0.25, 0.3) is 0 Å². The molecule has 0 aromatic carbocycles. The van der Waals surface area contributed by atoms with Gasteiger partial charge in [-0.1, -0.05) is 219 Å². The molecule has 0 saturated carbocycles. The normalized spacial score (nSPS) is 11.5. The van der Waals surface area contributed by atoms with Crippen LogP contribution in [0.1, 0.15) is 225 Å². The number of nitrogens with two attached hydrogens (primary N) is 1. The second kappa shape index (κ2) is 36.0. The van der Waals surface area contributed by atoms with E-state index in [0.717, 1.165) is 6.54 Å². The van der Waals surface area contributed by atoms with E-state index in [1.165, 1.54) is 218 Å². The van der Waals surface area contributed by atoms with E-state index in [2.05, 4.69) is 6.92 Å². The molecule has 0 atom stereocenters. The highest BCUT2D eigenvalue weighted by Gasteiger charge is 1.97. The van der Waals surface area contributed by atoms with Crippen LogP contribution in [0.4, 0.5) is 0 Å². The highest BCUT2D eigenvalue weighted by molar-refractivity contribution is 4.53. The van der Waals surface area contributed by atoms with Gasteiger partial charge in [0.15, 0.2) is 0 Å². The van der Waals surface area contributed by atoms with Gasteiger partial charge in [-0.3, -0.25) is 0 Å². The van der Waals surface area contributed by atoms with Gasteiger partial charge in [0, 0.05) is 0 Å². The third kappa shape index (κ3) is 36.0. The zero-order valence-electron chi connectivity index (χ0n) is 26.3. The van der Waals surface area contributed by atoms with Crippen molar-refractivity contribution in [2.24, 2.45) is 5.73 Å². The van der Waals surface area contributed by atoms with Gasteiger partial charge >= 0.3 is 0 Å². The molecule has 0 amide bonds. The van der Waals surface area contributed by atoms with Gasteiger partial charge in [0.05, 0.1) is 0 Å². The maximum atomic E-state index is 5.55. The summed E-state index contributed by atoms with van der Waals surface area (Å²) in [6, 6.07) is 0. The van der Waals surface area contributed by atoms with Crippen molar-refractivity contribution in [3.63, 3.8) is 0 Å². The van der Waals surface area contributed by atoms with Crippen molar-refractivity contribution in [3.05, 3.63) is 0 Å². The van der Waals surface area contributed by atoms with E-state index in [1.54, 1.807) is 0 Å². The van der Waals surface area contributed by atoms with Gasteiger partial charge in [0.1, 0.15) is 0 Å². The van der Waals surface area contributed by atoms with Crippen LogP contribution in [0.2, 0.25) is 0 Å². The van der Waals surface area contributed by atoms with Crippen LogP contribution >= 0.6 is 0 Å². The van der Waals surface area contributed by atoms with Crippen LogP contribution in [0.3, 0.4) is 0 Å². The summed E-state index contributed by atoms with van der Waals surface area (Å²) in [6.07, 6.45) is 49.8. The van der Waals surface area contributed by atoms with E-state index >= 15 is 0 Å². The Balaban J connectivity index is 3.00. The molecule has 0 spiro atoms. The molecule has 0 aromatic rings. The molecule has 0 saturated heterocycles. The first-order valence-corrected chi connectivity index (χ1v) is 18.1. The molecule has 0 unspecified atom stereocenters. The van der Waals surface area contributed by atoms with E-state index in [0.29, 0.717) is 0 Å². The average Bonchev–Trinajstić information content (AvgIpc) is 2.91. The molecule has 37 heavy (non-hydrogen) atoms. The molecule has 0 fully saturated rings. The summed E-state index contributed by atoms with van der Waals surface area (Å²) in [5.41, 5.74) is 5.55. The molecule has 0 aliphatic heterocycles. The lowest BCUT2D eigenvalue weighted by Crippen LogP contribution is -1.97. The van der Waals surface area contributed by atoms with E-state index < -0.39 is 0 Å². The van der Waals surface area contributed by atoms with Crippen molar-refractivity contribution in [1.82, 2.24) is 0 Å². The highest BCUT2D eigenvalue weighted by Crippen LogP contribution is 2.17. The molecule has 1 nitrogen and oxygen atoms in total. The molecule has 0 aliphatic carbocycles. The lowest BCUT2D eigenvalue weighted by molar-refractivity contribution is 0.511. The largest absolute Gasteiger partial charge is 0.330 e. The predicted octanol–water partition coefficient (Wildman–Crippen LogP) is 13.2. The minimum Gasteiger partial charge on any atom is -0.330 e. The first-order chi connectivity index (χ1) is 18.4. The van der Waals surface area contributed by atoms with Crippen molar-refractivity contribution in [1.29, 1.82) is 0 Å². The minimum absolute atomic E-state index is 0.875. The van der Waals surface area contributed by atoms with Crippen LogP contribution in [-0.2, 0) is 0 Å². The van der Waals surface area contributed by atoms with Crippen molar-refractivity contribution >= 4 is 0 Å². The van der Waals surface area contributed by atoms with Gasteiger partial charge in [-0.15, -0.1) is 0 Å². The maximum Gasteiger partial charge on any atom is -0.00773 e. The second-order valence-electron chi connectivity index (χ2n) is 12.5. The van der Waals surface area contributed by atoms with Crippen molar-refractivity contribution in [2.45, 2.75) is 225 Å². The van der Waals surface area contributed by atoms with Crippen LogP contribution in [0.25, 0.3) is 0 Å². The summed E-state index contributed by atoms with van der Waals surface area (Å²) in [4.78, 5) is 0. The minimum atomic E-state index is 0.875. The van der Waals surface area contributed by atoms with E-state index in [1.807, 2.05) is 0 Å². The Morgan fingerprint density at radius 3 is 0.486 bits per heavy atom. The molecule has 0 bridgehead atoms. The Bertz CT molecular complexity index is 332. The van der Waals surface area contributed by atoms with Gasteiger partial charge in [-0.05, 0) is 13.0 Å². The quantitative estimate of drug-likeness (QED) is 0.0837. The average molecular weight is 522 g/mol. The molecule has 0 heterocycles. The SMILES string of the molecule is CCCCCCCCCCCCCCCCCCCCCCCCCCCCCCCCCCCCN. The molecular weight excluding hydrogens is 446 g/mol. The molecule has 2 N–H and O–H groups in total. The Hall–Kier alpha value is -0.0400. The van der Waals surface area contributed by atoms with Gasteiger partial charge in [0.2, 0.25) is 0 Å². The topological polar surface area (TPSA) is 26.0 Å². The number of unbranched alkanes of at least 4 members (excludes halogenated alkanes) is 33. The summed E-state index contributed by atoms with van der Waals surface area (Å²) >= 11 is 0. The molecule has 0 rings (SSSR count). The number of hydrogen-bond donors (Lipinski definition) is 1. The summed E-state index contributed by atoms with van der Waals surface area (Å²) < 4.78 is 0. The molecule has 0 aromatic heterocycles. The van der Waals surface area contributed by atoms with Crippen LogP contribution < -0.4 is 5.73 Å². The van der Waals surface area contributed by atoms with Crippen LogP contribution in [0.15, 0.2) is 0 Å². The Kier molecular flexibility index (Phi) is 35.9. The van der Waals surface area contributed by atoms with Crippen LogP contribution in [-0.4, -0.2) is 6.54 Å². The molecule has 0 aliphatic rings. The monoisotopic (exact) mass is 522 g/mol. The first-order valence-electron chi connectivity index (χ1n) is 18.1. The fraction of sp³-hybridized carbons (Fsp3) is 1.00. The zero-order valence-corrected chi connectivity index (χ0v) is 26.3. The molecule has 0 radical (unpaired) electrons. The highest BCUT2D eigenvalue weighted by atomic mass is 14.5. The number of rotatable bonds is 34. The summed E-state index contributed by atoms with van der Waals surface area (Å²) in [5, 5.41) is 0. The van der Waals surface area contributed by atoms with Gasteiger partial charge < -0.3 is 5.73 Å². The van der Waals surface area contributed by atoms with E-state index in [4.69, 9.17) is 5.73 Å². The Morgan fingerprint density at radius 1 is 0.216 bits per heavy atom. The fourth-order valence-corrected chi connectivity index (χ4v) is 5.87. The van der Waals surface area contributed by atoms with Crippen molar-refractivity contribution in [3.8, 4) is 0 Å². The second-order valence-corrected chi connectivity index (χ2v) is 12.5. The predicted molar refractivity (Wildman–Crippen MR) is 172 cm³/mol. The standard InChI is InChI=1S/C36H75N/c1-2-3-4-5-6-7-8-9-10-11-12-13-14-15-16-17-18-19-20-21-22-23-24-25-26-27-28-29-30-31-32-33-34-35-36-37/h2-37H2,1H3. The summed E-state index contributed by atoms with van der Waals surface area (Å²) in [7, 11) is 0. The van der Waals surface area contributed by atoms with E-state index in [9.17, 15) is 0 Å². The van der Waals surface area contributed by atoms with Crippen molar-refractivity contribution < 1.29 is 0 Å². The Morgan fingerprint density at radius 2 is 0.351 bits per heavy atom. The van der Waals surface area contributed by atoms with Crippen LogP contribution in [0, 0.1) is 0 Å². The third-order valence-electron chi connectivity index (χ3n) is 8.56. The van der Waals surface area contributed by atoms with E-state index in [-0.39, 0.29) is 0 Å². The van der Waals surface area contributed by atoms with Gasteiger partial charge in [-0.2, -0.15) is 0 Å². The summed E-state index contributed by atoms with van der Waals surface area (Å²) in [5.74, 6) is 0. The van der Waals surface area contributed by atoms with Gasteiger partial charge in [-0.25, -0.2) is 0 Å². The maximum absolute atomic E-state index is 5.55. The summed E-state index contributed by atoms with van der Waals surface area (Å²) in [6.45, 7) is 3.18. The fourth-order valence-electron chi connectivity index (χ4n) is 5.87. The van der Waals surface area contributed by atoms with Crippen LogP contribution in [0.5, 0.6) is 0 Å². The first kappa shape index (κ1) is 37.0.